The molecule has 2 aromatic rings. The first kappa shape index (κ1) is 13.3. The highest BCUT2D eigenvalue weighted by molar-refractivity contribution is 6.28. The molecular formula is C11H13ClN6O. The molecule has 0 atom stereocenters. The number of aromatic nitrogens is 4. The number of aryl methyl sites for hydroxylation is 1. The van der Waals surface area contributed by atoms with Crippen molar-refractivity contribution in [2.45, 2.75) is 6.92 Å². The van der Waals surface area contributed by atoms with Crippen LogP contribution in [-0.2, 0) is 0 Å². The molecule has 8 heteroatoms. The Morgan fingerprint density at radius 3 is 2.84 bits per heavy atom. The molecule has 19 heavy (non-hydrogen) atoms. The van der Waals surface area contributed by atoms with Crippen LogP contribution in [0, 0.1) is 6.92 Å². The first-order chi connectivity index (χ1) is 9.13. The largest absolute Gasteiger partial charge is 0.497 e. The molecule has 100 valence electrons. The predicted molar refractivity (Wildman–Crippen MR) is 72.4 cm³/mol. The maximum atomic E-state index is 5.63. The van der Waals surface area contributed by atoms with Crippen LogP contribution in [0.1, 0.15) is 5.82 Å². The smallest absolute Gasteiger partial charge is 0.153 e. The van der Waals surface area contributed by atoms with E-state index in [1.807, 2.05) is 0 Å². The molecule has 2 N–H and O–H groups in total. The van der Waals surface area contributed by atoms with E-state index >= 15 is 0 Å². The maximum Gasteiger partial charge on any atom is 0.153 e. The standard InChI is InChI=1S/C11H13ClN6O/c1-7-15-16-17-18(7)9-3-8(14-11(13)6-12)4-10(5-9)19-2/h3-5H,6H2,1-2H3,(H2,13,14). The molecule has 7 nitrogen and oxygen atoms in total. The Hall–Kier alpha value is -2.15. The Morgan fingerprint density at radius 2 is 2.26 bits per heavy atom. The number of alkyl halides is 1. The summed E-state index contributed by atoms with van der Waals surface area (Å²) in [6.07, 6.45) is 0. The second-order valence-electron chi connectivity index (χ2n) is 3.76. The summed E-state index contributed by atoms with van der Waals surface area (Å²) in [5, 5.41) is 11.3. The van der Waals surface area contributed by atoms with Gasteiger partial charge in [0.15, 0.2) is 5.82 Å². The van der Waals surface area contributed by atoms with Crippen LogP contribution in [0.3, 0.4) is 0 Å². The Morgan fingerprint density at radius 1 is 1.47 bits per heavy atom. The number of ether oxygens (including phenoxy) is 1. The van der Waals surface area contributed by atoms with Gasteiger partial charge in [-0.2, -0.15) is 4.68 Å². The van der Waals surface area contributed by atoms with Gasteiger partial charge in [-0.3, -0.25) is 0 Å². The van der Waals surface area contributed by atoms with Crippen molar-refractivity contribution < 1.29 is 4.74 Å². The summed E-state index contributed by atoms with van der Waals surface area (Å²) in [5.41, 5.74) is 6.99. The molecule has 0 amide bonds. The van der Waals surface area contributed by atoms with Gasteiger partial charge in [-0.05, 0) is 23.4 Å². The molecule has 0 radical (unpaired) electrons. The van der Waals surface area contributed by atoms with Crippen LogP contribution in [0.5, 0.6) is 5.75 Å². The van der Waals surface area contributed by atoms with Gasteiger partial charge < -0.3 is 10.5 Å². The molecule has 0 spiro atoms. The third kappa shape index (κ3) is 3.00. The van der Waals surface area contributed by atoms with Gasteiger partial charge in [0.2, 0.25) is 0 Å². The molecule has 1 heterocycles. The van der Waals surface area contributed by atoms with Crippen LogP contribution in [0.4, 0.5) is 5.69 Å². The van der Waals surface area contributed by atoms with Gasteiger partial charge in [-0.15, -0.1) is 16.7 Å². The van der Waals surface area contributed by atoms with Gasteiger partial charge in [-0.25, -0.2) is 4.99 Å². The number of hydrogen-bond donors (Lipinski definition) is 1. The van der Waals surface area contributed by atoms with Crippen molar-refractivity contribution in [3.05, 3.63) is 24.0 Å². The lowest BCUT2D eigenvalue weighted by Gasteiger charge is -2.07. The van der Waals surface area contributed by atoms with Crippen molar-refractivity contribution in [2.75, 3.05) is 13.0 Å². The second-order valence-corrected chi connectivity index (χ2v) is 4.03. The Bertz CT molecular complexity index is 609. The first-order valence-corrected chi connectivity index (χ1v) is 6.01. The molecule has 1 aromatic heterocycles. The normalized spacial score (nSPS) is 11.6. The summed E-state index contributed by atoms with van der Waals surface area (Å²) < 4.78 is 6.81. The highest BCUT2D eigenvalue weighted by atomic mass is 35.5. The Balaban J connectivity index is 2.51. The zero-order valence-electron chi connectivity index (χ0n) is 10.5. The lowest BCUT2D eigenvalue weighted by atomic mass is 10.2. The number of amidine groups is 1. The number of rotatable bonds is 4. The highest BCUT2D eigenvalue weighted by Gasteiger charge is 2.07. The molecule has 0 aliphatic heterocycles. The topological polar surface area (TPSA) is 91.2 Å². The molecule has 0 unspecified atom stereocenters. The minimum atomic E-state index is 0.163. The fraction of sp³-hybridized carbons (Fsp3) is 0.273. The van der Waals surface area contributed by atoms with Crippen molar-refractivity contribution in [2.24, 2.45) is 10.7 Å². The third-order valence-electron chi connectivity index (χ3n) is 2.39. The van der Waals surface area contributed by atoms with Gasteiger partial charge >= 0.3 is 0 Å². The quantitative estimate of drug-likeness (QED) is 0.516. The molecule has 1 aromatic carbocycles. The van der Waals surface area contributed by atoms with Crippen molar-refractivity contribution >= 4 is 23.1 Å². The van der Waals surface area contributed by atoms with E-state index in [9.17, 15) is 0 Å². The summed E-state index contributed by atoms with van der Waals surface area (Å²) in [7, 11) is 1.57. The van der Waals surface area contributed by atoms with E-state index in [2.05, 4.69) is 20.5 Å². The molecule has 0 aliphatic rings. The van der Waals surface area contributed by atoms with E-state index in [0.29, 0.717) is 23.1 Å². The van der Waals surface area contributed by atoms with Crippen LogP contribution in [-0.4, -0.2) is 39.0 Å². The van der Waals surface area contributed by atoms with Crippen LogP contribution >= 0.6 is 11.6 Å². The van der Waals surface area contributed by atoms with E-state index in [1.165, 1.54) is 0 Å². The fourth-order valence-electron chi connectivity index (χ4n) is 1.54. The lowest BCUT2D eigenvalue weighted by molar-refractivity contribution is 0.414. The first-order valence-electron chi connectivity index (χ1n) is 5.47. The summed E-state index contributed by atoms with van der Waals surface area (Å²) >= 11 is 5.62. The minimum Gasteiger partial charge on any atom is -0.497 e. The van der Waals surface area contributed by atoms with E-state index in [0.717, 1.165) is 5.69 Å². The van der Waals surface area contributed by atoms with Crippen LogP contribution in [0.25, 0.3) is 5.69 Å². The van der Waals surface area contributed by atoms with E-state index in [-0.39, 0.29) is 5.88 Å². The maximum absolute atomic E-state index is 5.63. The van der Waals surface area contributed by atoms with Gasteiger partial charge in [0, 0.05) is 12.1 Å². The van der Waals surface area contributed by atoms with Crippen molar-refractivity contribution in [1.82, 2.24) is 20.2 Å². The average molecular weight is 281 g/mol. The predicted octanol–water partition coefficient (Wildman–Crippen LogP) is 1.21. The molecule has 0 bridgehead atoms. The number of benzene rings is 1. The minimum absolute atomic E-state index is 0.163. The van der Waals surface area contributed by atoms with Gasteiger partial charge in [0.1, 0.15) is 11.6 Å². The number of halogens is 1. The summed E-state index contributed by atoms with van der Waals surface area (Å²) in [6.45, 7) is 1.80. The Kier molecular flexibility index (Phi) is 3.96. The van der Waals surface area contributed by atoms with Crippen LogP contribution in [0.2, 0.25) is 0 Å². The monoisotopic (exact) mass is 280 g/mol. The van der Waals surface area contributed by atoms with Crippen molar-refractivity contribution in [1.29, 1.82) is 0 Å². The van der Waals surface area contributed by atoms with Gasteiger partial charge in [-0.1, -0.05) is 0 Å². The lowest BCUT2D eigenvalue weighted by Crippen LogP contribution is -2.12. The average Bonchev–Trinajstić information content (AvgIpc) is 2.84. The zero-order valence-corrected chi connectivity index (χ0v) is 11.3. The highest BCUT2D eigenvalue weighted by Crippen LogP contribution is 2.25. The molecule has 0 aliphatic carbocycles. The number of aliphatic imine (C=N–C) groups is 1. The number of nitrogens with two attached hydrogens (primary N) is 1. The fourth-order valence-corrected chi connectivity index (χ4v) is 1.60. The second kappa shape index (κ2) is 5.66. The molecule has 0 saturated carbocycles. The van der Waals surface area contributed by atoms with Crippen molar-refractivity contribution in [3.63, 3.8) is 0 Å². The number of hydrogen-bond acceptors (Lipinski definition) is 5. The SMILES string of the molecule is COc1cc(N=C(N)CCl)cc(-n2nnnc2C)c1. The number of methoxy groups -OCH3 is 1. The van der Waals surface area contributed by atoms with E-state index < -0.39 is 0 Å². The van der Waals surface area contributed by atoms with Crippen molar-refractivity contribution in [3.8, 4) is 11.4 Å². The van der Waals surface area contributed by atoms with Gasteiger partial charge in [0.05, 0.1) is 24.4 Å². The Labute approximate surface area is 115 Å². The molecule has 0 saturated heterocycles. The van der Waals surface area contributed by atoms with Crippen LogP contribution < -0.4 is 10.5 Å². The summed E-state index contributed by atoms with van der Waals surface area (Å²) in [5.74, 6) is 1.78. The zero-order chi connectivity index (χ0) is 13.8. The third-order valence-corrected chi connectivity index (χ3v) is 2.67. The molecule has 0 fully saturated rings. The number of nitrogens with zero attached hydrogens (tertiary/aromatic N) is 5. The number of tetrazole rings is 1. The van der Waals surface area contributed by atoms with E-state index in [1.54, 1.807) is 36.9 Å². The summed E-state index contributed by atoms with van der Waals surface area (Å²) in [6, 6.07) is 5.35. The van der Waals surface area contributed by atoms with E-state index in [4.69, 9.17) is 22.1 Å². The molecular weight excluding hydrogens is 268 g/mol. The van der Waals surface area contributed by atoms with Gasteiger partial charge in [0.25, 0.3) is 0 Å². The summed E-state index contributed by atoms with van der Waals surface area (Å²) in [4.78, 5) is 4.19. The molecule has 2 rings (SSSR count). The van der Waals surface area contributed by atoms with Crippen LogP contribution in [0.15, 0.2) is 23.2 Å².